The van der Waals surface area contributed by atoms with Crippen molar-refractivity contribution < 1.29 is 33.1 Å². The van der Waals surface area contributed by atoms with Crippen LogP contribution in [0.4, 0.5) is 0 Å². The Bertz CT molecular complexity index is 425. The van der Waals surface area contributed by atoms with Crippen molar-refractivity contribution in [3.05, 3.63) is 0 Å². The Morgan fingerprint density at radius 1 is 0.793 bits per heavy atom. The second-order valence-corrected chi connectivity index (χ2v) is 8.80. The molecule has 0 fully saturated rings. The van der Waals surface area contributed by atoms with Crippen molar-refractivity contribution in [2.75, 3.05) is 19.8 Å². The summed E-state index contributed by atoms with van der Waals surface area (Å²) in [4.78, 5) is 32.0. The summed E-state index contributed by atoms with van der Waals surface area (Å²) < 4.78 is 25.0. The van der Waals surface area contributed by atoms with Crippen LogP contribution in [-0.4, -0.2) is 31.9 Å². The van der Waals surface area contributed by atoms with Gasteiger partial charge in [0.25, 0.3) is 0 Å². The average Bonchev–Trinajstić information content (AvgIpc) is 2.64. The van der Waals surface area contributed by atoms with Crippen LogP contribution in [0.2, 0.25) is 0 Å². The molecule has 0 aromatic rings. The highest BCUT2D eigenvalue weighted by molar-refractivity contribution is 7.43. The number of carbonyl (C=O) groups is 1. The van der Waals surface area contributed by atoms with Gasteiger partial charge >= 0.3 is 5.97 Å². The number of phosphoric ester groups is 1. The Hall–Kier alpha value is -0.460. The summed E-state index contributed by atoms with van der Waals surface area (Å²) in [5, 5.41) is 0. The van der Waals surface area contributed by atoms with Crippen LogP contribution in [0.15, 0.2) is 0 Å². The lowest BCUT2D eigenvalue weighted by Gasteiger charge is -2.30. The lowest BCUT2D eigenvalue weighted by atomic mass is 10.0. The van der Waals surface area contributed by atoms with Gasteiger partial charge in [0, 0.05) is 13.5 Å². The maximum absolute atomic E-state index is 11.0. The summed E-state index contributed by atoms with van der Waals surface area (Å²) in [6.45, 7) is 3.45. The van der Waals surface area contributed by atoms with Gasteiger partial charge in [-0.05, 0) is 6.42 Å². The van der Waals surface area contributed by atoms with E-state index in [4.69, 9.17) is 9.47 Å². The van der Waals surface area contributed by atoms with E-state index >= 15 is 0 Å². The van der Waals surface area contributed by atoms with Gasteiger partial charge in [-0.3, -0.25) is 4.79 Å². The van der Waals surface area contributed by atoms with Crippen LogP contribution in [-0.2, 0) is 23.4 Å². The monoisotopic (exact) mass is 436 g/mol. The Balaban J connectivity index is 3.45. The predicted molar refractivity (Wildman–Crippen MR) is 110 cm³/mol. The van der Waals surface area contributed by atoms with Gasteiger partial charge < -0.3 is 28.3 Å². The molecule has 0 heterocycles. The largest absolute Gasteiger partial charge is 0.790 e. The normalized spacial score (nSPS) is 12.8. The van der Waals surface area contributed by atoms with Crippen LogP contribution in [0.3, 0.4) is 0 Å². The standard InChI is InChI=1S/C21H43O7P/c1-3-4-5-6-7-8-9-10-11-12-13-14-15-16-17-26-18-21(28-20(2)22)19-27-29(23,24)25/h21H,3-19H2,1-2H3,(H2,23,24,25)/p-2/t21-/m1/s1. The van der Waals surface area contributed by atoms with Crippen molar-refractivity contribution >= 4 is 13.8 Å². The number of rotatable bonds is 21. The Labute approximate surface area is 177 Å². The molecule has 0 unspecified atom stereocenters. The minimum Gasteiger partial charge on any atom is -0.790 e. The van der Waals surface area contributed by atoms with Gasteiger partial charge in [-0.1, -0.05) is 90.4 Å². The molecule has 0 saturated carbocycles. The van der Waals surface area contributed by atoms with E-state index in [1.165, 1.54) is 84.0 Å². The maximum atomic E-state index is 11.0. The zero-order valence-corrected chi connectivity index (χ0v) is 19.3. The van der Waals surface area contributed by atoms with Gasteiger partial charge in [-0.15, -0.1) is 0 Å². The number of hydrogen-bond donors (Lipinski definition) is 0. The van der Waals surface area contributed by atoms with Crippen molar-refractivity contribution in [2.24, 2.45) is 0 Å². The van der Waals surface area contributed by atoms with Gasteiger partial charge in [-0.25, -0.2) is 0 Å². The second kappa shape index (κ2) is 19.5. The highest BCUT2D eigenvalue weighted by atomic mass is 31.2. The molecule has 0 aliphatic heterocycles. The van der Waals surface area contributed by atoms with Crippen LogP contribution in [0.1, 0.15) is 104 Å². The van der Waals surface area contributed by atoms with Gasteiger partial charge in [0.05, 0.1) is 21.0 Å². The maximum Gasteiger partial charge on any atom is 0.303 e. The lowest BCUT2D eigenvalue weighted by Crippen LogP contribution is -2.30. The predicted octanol–water partition coefficient (Wildman–Crippen LogP) is 4.26. The quantitative estimate of drug-likeness (QED) is 0.150. The number of phosphoric acid groups is 1. The van der Waals surface area contributed by atoms with Crippen LogP contribution in [0.5, 0.6) is 0 Å². The van der Waals surface area contributed by atoms with Crippen molar-refractivity contribution in [3.63, 3.8) is 0 Å². The number of ether oxygens (including phenoxy) is 2. The third-order valence-electron chi connectivity index (χ3n) is 4.70. The third kappa shape index (κ3) is 23.7. The van der Waals surface area contributed by atoms with E-state index in [1.54, 1.807) is 0 Å². The van der Waals surface area contributed by atoms with Crippen LogP contribution in [0.25, 0.3) is 0 Å². The number of unbranched alkanes of at least 4 members (excludes halogenated alkanes) is 13. The fourth-order valence-electron chi connectivity index (χ4n) is 3.14. The van der Waals surface area contributed by atoms with E-state index in [0.717, 1.165) is 12.8 Å². The molecule has 8 heteroatoms. The average molecular weight is 437 g/mol. The first-order valence-corrected chi connectivity index (χ1v) is 12.7. The minimum absolute atomic E-state index is 0.0119. The second-order valence-electron chi connectivity index (χ2n) is 7.65. The van der Waals surface area contributed by atoms with Crippen LogP contribution < -0.4 is 9.79 Å². The van der Waals surface area contributed by atoms with Crippen molar-refractivity contribution in [3.8, 4) is 0 Å². The molecule has 29 heavy (non-hydrogen) atoms. The molecular weight excluding hydrogens is 395 g/mol. The van der Waals surface area contributed by atoms with E-state index in [2.05, 4.69) is 11.4 Å². The summed E-state index contributed by atoms with van der Waals surface area (Å²) in [6, 6.07) is 0. The first kappa shape index (κ1) is 28.5. The molecular formula is C21H41O7P-2. The van der Waals surface area contributed by atoms with E-state index < -0.39 is 26.5 Å². The van der Waals surface area contributed by atoms with E-state index in [0.29, 0.717) is 6.61 Å². The highest BCUT2D eigenvalue weighted by Crippen LogP contribution is 2.24. The van der Waals surface area contributed by atoms with Gasteiger partial charge in [0.1, 0.15) is 6.10 Å². The molecule has 0 amide bonds. The zero-order valence-electron chi connectivity index (χ0n) is 18.4. The first-order valence-electron chi connectivity index (χ1n) is 11.3. The molecule has 0 aliphatic rings. The molecule has 0 N–H and O–H groups in total. The van der Waals surface area contributed by atoms with Gasteiger partial charge in [-0.2, -0.15) is 0 Å². The highest BCUT2D eigenvalue weighted by Gasteiger charge is 2.13. The number of esters is 1. The fraction of sp³-hybridized carbons (Fsp3) is 0.952. The summed E-state index contributed by atoms with van der Waals surface area (Å²) >= 11 is 0. The summed E-state index contributed by atoms with van der Waals surface area (Å²) in [7, 11) is -5.09. The number of carbonyl (C=O) groups excluding carboxylic acids is 1. The Kier molecular flexibility index (Phi) is 19.2. The van der Waals surface area contributed by atoms with Crippen LogP contribution >= 0.6 is 7.82 Å². The Morgan fingerprint density at radius 2 is 1.24 bits per heavy atom. The zero-order chi connectivity index (χ0) is 21.8. The summed E-state index contributed by atoms with van der Waals surface area (Å²) in [5.41, 5.74) is 0. The molecule has 0 aliphatic carbocycles. The van der Waals surface area contributed by atoms with Crippen LogP contribution in [0, 0.1) is 0 Å². The Morgan fingerprint density at radius 3 is 1.66 bits per heavy atom. The fourth-order valence-corrected chi connectivity index (χ4v) is 3.49. The van der Waals surface area contributed by atoms with Gasteiger partial charge in [0.2, 0.25) is 0 Å². The molecule has 0 radical (unpaired) electrons. The first-order chi connectivity index (χ1) is 13.8. The molecule has 0 bridgehead atoms. The molecule has 0 rings (SSSR count). The van der Waals surface area contributed by atoms with Crippen molar-refractivity contribution in [2.45, 2.75) is 110 Å². The molecule has 174 valence electrons. The molecule has 1 atom stereocenters. The molecule has 0 aromatic heterocycles. The van der Waals surface area contributed by atoms with Crippen molar-refractivity contribution in [1.82, 2.24) is 0 Å². The summed E-state index contributed by atoms with van der Waals surface area (Å²) in [5.74, 6) is -0.578. The van der Waals surface area contributed by atoms with E-state index in [9.17, 15) is 19.1 Å². The molecule has 0 aromatic carbocycles. The van der Waals surface area contributed by atoms with Gasteiger partial charge in [0.15, 0.2) is 0 Å². The molecule has 0 saturated heterocycles. The third-order valence-corrected chi connectivity index (χ3v) is 5.16. The van der Waals surface area contributed by atoms with E-state index in [1.807, 2.05) is 0 Å². The SMILES string of the molecule is CCCCCCCCCCCCCCCCOC[C@H](COP(=O)([O-])[O-])OC(C)=O. The van der Waals surface area contributed by atoms with Crippen molar-refractivity contribution in [1.29, 1.82) is 0 Å². The summed E-state index contributed by atoms with van der Waals surface area (Å²) in [6.07, 6.45) is 17.0. The molecule has 7 nitrogen and oxygen atoms in total. The molecule has 0 spiro atoms. The minimum atomic E-state index is -5.09. The van der Waals surface area contributed by atoms with E-state index in [-0.39, 0.29) is 6.61 Å². The lowest BCUT2D eigenvalue weighted by molar-refractivity contribution is -0.343. The number of hydrogen-bond acceptors (Lipinski definition) is 7. The topological polar surface area (TPSA) is 108 Å². The smallest absolute Gasteiger partial charge is 0.303 e.